The number of ether oxygens (including phenoxy) is 2. The highest BCUT2D eigenvalue weighted by Crippen LogP contribution is 2.29. The average molecular weight is 392 g/mol. The summed E-state index contributed by atoms with van der Waals surface area (Å²) >= 11 is 7.05. The van der Waals surface area contributed by atoms with Gasteiger partial charge in [0.05, 0.1) is 26.1 Å². The van der Waals surface area contributed by atoms with Crippen LogP contribution in [0.5, 0.6) is 11.5 Å². The lowest BCUT2D eigenvalue weighted by Gasteiger charge is -2.17. The van der Waals surface area contributed by atoms with Gasteiger partial charge in [0.25, 0.3) is 0 Å². The highest BCUT2D eigenvalue weighted by Gasteiger charge is 2.14. The summed E-state index contributed by atoms with van der Waals surface area (Å²) in [5.74, 6) is 2.32. The third-order valence-electron chi connectivity index (χ3n) is 4.20. The number of aromatic nitrogens is 3. The van der Waals surface area contributed by atoms with Crippen LogP contribution in [0.1, 0.15) is 11.1 Å². The number of rotatable bonds is 7. The van der Waals surface area contributed by atoms with Crippen LogP contribution in [0.25, 0.3) is 10.7 Å². The number of aryl methyl sites for hydroxylation is 1. The van der Waals surface area contributed by atoms with Crippen LogP contribution in [0.4, 0.5) is 0 Å². The zero-order chi connectivity index (χ0) is 18.7. The molecule has 0 bridgehead atoms. The van der Waals surface area contributed by atoms with Gasteiger partial charge in [-0.2, -0.15) is 4.98 Å². The van der Waals surface area contributed by atoms with E-state index >= 15 is 0 Å². The largest absolute Gasteiger partial charge is 0.493 e. The van der Waals surface area contributed by atoms with Gasteiger partial charge in [0, 0.05) is 5.56 Å². The van der Waals surface area contributed by atoms with Crippen molar-refractivity contribution in [3.8, 4) is 22.2 Å². The normalized spacial score (nSPS) is 12.2. The van der Waals surface area contributed by atoms with Gasteiger partial charge in [0.1, 0.15) is 6.54 Å². The number of hydrogen-bond acceptors (Lipinski definition) is 5. The highest BCUT2D eigenvalue weighted by molar-refractivity contribution is 7.71. The molecule has 2 N–H and O–H groups in total. The SMILES string of the molecule is COc1cc(C)c(C[NH+](C)Cn2[nH]c(-c3cccs3)nc2=S)cc1OC. The Hall–Kier alpha value is -2.16. The molecule has 0 fully saturated rings. The molecule has 3 rings (SSSR count). The molecule has 0 spiro atoms. The molecule has 26 heavy (non-hydrogen) atoms. The summed E-state index contributed by atoms with van der Waals surface area (Å²) in [5, 5.41) is 5.33. The fraction of sp³-hybridized carbons (Fsp3) is 0.333. The van der Waals surface area contributed by atoms with Gasteiger partial charge in [-0.25, -0.2) is 4.68 Å². The lowest BCUT2D eigenvalue weighted by atomic mass is 10.1. The summed E-state index contributed by atoms with van der Waals surface area (Å²) in [6.45, 7) is 3.62. The molecule has 1 unspecified atom stereocenters. The van der Waals surface area contributed by atoms with Gasteiger partial charge in [-0.05, 0) is 48.3 Å². The Balaban J connectivity index is 1.75. The molecule has 0 aliphatic heterocycles. The number of aromatic amines is 1. The zero-order valence-electron chi connectivity index (χ0n) is 15.3. The summed E-state index contributed by atoms with van der Waals surface area (Å²) in [7, 11) is 5.44. The van der Waals surface area contributed by atoms with Crippen molar-refractivity contribution in [1.29, 1.82) is 0 Å². The zero-order valence-corrected chi connectivity index (χ0v) is 17.0. The molecule has 2 aromatic heterocycles. The van der Waals surface area contributed by atoms with Gasteiger partial charge >= 0.3 is 0 Å². The number of benzene rings is 1. The lowest BCUT2D eigenvalue weighted by molar-refractivity contribution is -0.917. The summed E-state index contributed by atoms with van der Waals surface area (Å²) < 4.78 is 13.3. The average Bonchev–Trinajstić information content (AvgIpc) is 3.26. The lowest BCUT2D eigenvalue weighted by Crippen LogP contribution is -3.07. The van der Waals surface area contributed by atoms with Crippen molar-refractivity contribution in [2.45, 2.75) is 20.1 Å². The molecule has 0 aliphatic rings. The first-order valence-corrected chi connectivity index (χ1v) is 9.54. The van der Waals surface area contributed by atoms with E-state index in [0.29, 0.717) is 11.4 Å². The Kier molecular flexibility index (Phi) is 5.75. The second-order valence-corrected chi connectivity index (χ2v) is 7.50. The van der Waals surface area contributed by atoms with Crippen LogP contribution in [0.2, 0.25) is 0 Å². The van der Waals surface area contributed by atoms with Gasteiger partial charge in [0.15, 0.2) is 24.0 Å². The second kappa shape index (κ2) is 8.03. The summed E-state index contributed by atoms with van der Waals surface area (Å²) in [4.78, 5) is 6.83. The fourth-order valence-electron chi connectivity index (χ4n) is 2.85. The van der Waals surface area contributed by atoms with E-state index in [0.717, 1.165) is 28.7 Å². The van der Waals surface area contributed by atoms with Gasteiger partial charge < -0.3 is 14.4 Å². The molecule has 0 aliphatic carbocycles. The van der Waals surface area contributed by atoms with Crippen molar-refractivity contribution < 1.29 is 14.4 Å². The van der Waals surface area contributed by atoms with Crippen LogP contribution in [0.3, 0.4) is 0 Å². The topological polar surface area (TPSA) is 56.5 Å². The van der Waals surface area contributed by atoms with Crippen molar-refractivity contribution in [3.05, 3.63) is 45.5 Å². The third kappa shape index (κ3) is 3.98. The van der Waals surface area contributed by atoms with Crippen molar-refractivity contribution >= 4 is 23.6 Å². The van der Waals surface area contributed by atoms with E-state index in [2.05, 4.69) is 24.1 Å². The van der Waals surface area contributed by atoms with E-state index in [1.54, 1.807) is 25.6 Å². The van der Waals surface area contributed by atoms with Crippen molar-refractivity contribution in [2.75, 3.05) is 21.3 Å². The quantitative estimate of drug-likeness (QED) is 0.608. The van der Waals surface area contributed by atoms with Crippen molar-refractivity contribution in [1.82, 2.24) is 14.8 Å². The Labute approximate surface area is 162 Å². The van der Waals surface area contributed by atoms with Crippen LogP contribution in [-0.4, -0.2) is 36.0 Å². The van der Waals surface area contributed by atoms with Crippen LogP contribution in [0, 0.1) is 11.7 Å². The number of thiophene rings is 1. The van der Waals surface area contributed by atoms with Gasteiger partial charge in [-0.1, -0.05) is 6.07 Å². The number of nitrogens with zero attached hydrogens (tertiary/aromatic N) is 2. The Bertz CT molecular complexity index is 931. The van der Waals surface area contributed by atoms with Crippen molar-refractivity contribution in [2.24, 2.45) is 0 Å². The maximum absolute atomic E-state index is 5.42. The first-order valence-electron chi connectivity index (χ1n) is 8.25. The minimum absolute atomic E-state index is 0.566. The van der Waals surface area contributed by atoms with E-state index in [1.165, 1.54) is 16.0 Å². The van der Waals surface area contributed by atoms with E-state index in [9.17, 15) is 0 Å². The first-order chi connectivity index (χ1) is 12.5. The number of H-pyrrole nitrogens is 1. The molecule has 0 saturated carbocycles. The molecular formula is C18H23N4O2S2+. The predicted octanol–water partition coefficient (Wildman–Crippen LogP) is 2.67. The summed E-state index contributed by atoms with van der Waals surface area (Å²) in [6, 6.07) is 8.10. The van der Waals surface area contributed by atoms with E-state index < -0.39 is 0 Å². The predicted molar refractivity (Wildman–Crippen MR) is 106 cm³/mol. The molecule has 1 aromatic carbocycles. The van der Waals surface area contributed by atoms with Crippen LogP contribution in [0.15, 0.2) is 29.6 Å². The first kappa shape index (κ1) is 18.6. The third-order valence-corrected chi connectivity index (χ3v) is 5.38. The van der Waals surface area contributed by atoms with Gasteiger partial charge in [0.2, 0.25) is 4.77 Å². The van der Waals surface area contributed by atoms with Crippen molar-refractivity contribution in [3.63, 3.8) is 0 Å². The maximum Gasteiger partial charge on any atom is 0.221 e. The molecule has 3 aromatic rings. The minimum Gasteiger partial charge on any atom is -0.493 e. The molecule has 0 amide bonds. The smallest absolute Gasteiger partial charge is 0.221 e. The van der Waals surface area contributed by atoms with E-state index in [4.69, 9.17) is 21.7 Å². The van der Waals surface area contributed by atoms with E-state index in [-0.39, 0.29) is 0 Å². The molecule has 8 heteroatoms. The molecule has 138 valence electrons. The number of nitrogens with one attached hydrogen (secondary N) is 2. The Morgan fingerprint density at radius 1 is 1.27 bits per heavy atom. The molecule has 0 radical (unpaired) electrons. The standard InChI is InChI=1S/C18H22N4O2S2/c1-12-8-14(23-3)15(24-4)9-13(12)10-21(2)11-22-18(25)19-17(20-22)16-6-5-7-26-16/h5-9H,10-11H2,1-4H3,(H,19,20,25)/p+1. The van der Waals surface area contributed by atoms with Crippen LogP contribution in [-0.2, 0) is 13.2 Å². The number of methoxy groups -OCH3 is 2. The maximum atomic E-state index is 5.42. The second-order valence-electron chi connectivity index (χ2n) is 6.19. The Morgan fingerprint density at radius 2 is 2.00 bits per heavy atom. The van der Waals surface area contributed by atoms with Crippen LogP contribution < -0.4 is 14.4 Å². The Morgan fingerprint density at radius 3 is 2.65 bits per heavy atom. The monoisotopic (exact) mass is 391 g/mol. The fourth-order valence-corrected chi connectivity index (χ4v) is 3.72. The van der Waals surface area contributed by atoms with E-state index in [1.807, 2.05) is 34.3 Å². The van der Waals surface area contributed by atoms with Crippen LogP contribution >= 0.6 is 23.6 Å². The summed E-state index contributed by atoms with van der Waals surface area (Å²) in [6.07, 6.45) is 0. The highest BCUT2D eigenvalue weighted by atomic mass is 32.1. The molecule has 1 atom stereocenters. The molecule has 2 heterocycles. The van der Waals surface area contributed by atoms with Gasteiger partial charge in [-0.3, -0.25) is 5.10 Å². The molecular weight excluding hydrogens is 368 g/mol. The summed E-state index contributed by atoms with van der Waals surface area (Å²) in [5.41, 5.74) is 2.39. The molecule has 0 saturated heterocycles. The number of hydrogen-bond donors (Lipinski definition) is 2. The number of quaternary nitrogens is 1. The minimum atomic E-state index is 0.566. The van der Waals surface area contributed by atoms with Gasteiger partial charge in [-0.15, -0.1) is 11.3 Å². The molecule has 6 nitrogen and oxygen atoms in total.